The third kappa shape index (κ3) is 6.67. The molecule has 0 aliphatic rings. The standard InChI is InChI=1S/C24H31NO2/c1-3-4-5-6-7-11-18-25-22-16-14-21(15-17-22)24(27)19(2)23(26)20-12-9-8-10-13-20/h8-10,12-17,19,25H,3-7,11,18H2,1-2H3. The zero-order valence-corrected chi connectivity index (χ0v) is 16.5. The number of Topliss-reactive ketones (excluding diaryl/α,β-unsaturated/α-hetero) is 2. The van der Waals surface area contributed by atoms with Crippen molar-refractivity contribution in [2.45, 2.75) is 52.4 Å². The van der Waals surface area contributed by atoms with Crippen molar-refractivity contribution in [3.8, 4) is 0 Å². The number of unbranched alkanes of at least 4 members (excludes halogenated alkanes) is 5. The summed E-state index contributed by atoms with van der Waals surface area (Å²) in [6.07, 6.45) is 7.65. The molecule has 0 fully saturated rings. The fourth-order valence-electron chi connectivity index (χ4n) is 3.11. The predicted octanol–water partition coefficient (Wildman–Crippen LogP) is 6.16. The number of carbonyl (C=O) groups excluding carboxylic acids is 2. The van der Waals surface area contributed by atoms with Crippen LogP contribution in [0.2, 0.25) is 0 Å². The lowest BCUT2D eigenvalue weighted by Gasteiger charge is -2.11. The van der Waals surface area contributed by atoms with Crippen molar-refractivity contribution >= 4 is 17.3 Å². The summed E-state index contributed by atoms with van der Waals surface area (Å²) in [7, 11) is 0. The summed E-state index contributed by atoms with van der Waals surface area (Å²) in [5, 5.41) is 3.40. The molecule has 3 heteroatoms. The summed E-state index contributed by atoms with van der Waals surface area (Å²) in [5.41, 5.74) is 2.18. The van der Waals surface area contributed by atoms with Gasteiger partial charge >= 0.3 is 0 Å². The molecule has 144 valence electrons. The maximum atomic E-state index is 12.6. The highest BCUT2D eigenvalue weighted by Crippen LogP contribution is 2.17. The second-order valence-corrected chi connectivity index (χ2v) is 7.09. The first-order valence-corrected chi connectivity index (χ1v) is 10.1. The van der Waals surface area contributed by atoms with Gasteiger partial charge in [-0.15, -0.1) is 0 Å². The zero-order chi connectivity index (χ0) is 19.5. The summed E-state index contributed by atoms with van der Waals surface area (Å²) in [6.45, 7) is 4.86. The molecule has 0 spiro atoms. The van der Waals surface area contributed by atoms with Crippen molar-refractivity contribution in [1.29, 1.82) is 0 Å². The number of anilines is 1. The van der Waals surface area contributed by atoms with E-state index in [0.717, 1.165) is 18.7 Å². The van der Waals surface area contributed by atoms with Crippen LogP contribution in [0.3, 0.4) is 0 Å². The molecule has 0 amide bonds. The molecule has 27 heavy (non-hydrogen) atoms. The Labute approximate surface area is 163 Å². The summed E-state index contributed by atoms with van der Waals surface area (Å²) in [6, 6.07) is 16.4. The maximum absolute atomic E-state index is 12.6. The van der Waals surface area contributed by atoms with Crippen LogP contribution in [0.4, 0.5) is 5.69 Å². The number of hydrogen-bond donors (Lipinski definition) is 1. The average Bonchev–Trinajstić information content (AvgIpc) is 2.72. The largest absolute Gasteiger partial charge is 0.385 e. The highest BCUT2D eigenvalue weighted by molar-refractivity contribution is 6.15. The first kappa shape index (κ1) is 20.9. The number of hydrogen-bond acceptors (Lipinski definition) is 3. The van der Waals surface area contributed by atoms with E-state index in [-0.39, 0.29) is 11.6 Å². The van der Waals surface area contributed by atoms with Gasteiger partial charge in [-0.3, -0.25) is 9.59 Å². The van der Waals surface area contributed by atoms with Gasteiger partial charge in [-0.05, 0) is 37.6 Å². The fourth-order valence-corrected chi connectivity index (χ4v) is 3.11. The molecule has 1 atom stereocenters. The van der Waals surface area contributed by atoms with Crippen molar-refractivity contribution in [2.24, 2.45) is 5.92 Å². The smallest absolute Gasteiger partial charge is 0.173 e. The van der Waals surface area contributed by atoms with Crippen LogP contribution in [0.5, 0.6) is 0 Å². The minimum absolute atomic E-state index is 0.133. The molecule has 2 rings (SSSR count). The van der Waals surface area contributed by atoms with E-state index in [1.165, 1.54) is 32.1 Å². The van der Waals surface area contributed by atoms with Gasteiger partial charge < -0.3 is 5.32 Å². The molecule has 1 N–H and O–H groups in total. The molecule has 0 aromatic heterocycles. The Bertz CT molecular complexity index is 707. The van der Waals surface area contributed by atoms with E-state index < -0.39 is 5.92 Å². The summed E-state index contributed by atoms with van der Waals surface area (Å²) < 4.78 is 0. The number of nitrogens with one attached hydrogen (secondary N) is 1. The van der Waals surface area contributed by atoms with E-state index >= 15 is 0 Å². The molecule has 0 saturated carbocycles. The Balaban J connectivity index is 1.81. The molecule has 1 unspecified atom stereocenters. The van der Waals surface area contributed by atoms with Crippen molar-refractivity contribution in [1.82, 2.24) is 0 Å². The average molecular weight is 366 g/mol. The summed E-state index contributed by atoms with van der Waals surface area (Å²) in [5.74, 6) is -0.938. The van der Waals surface area contributed by atoms with Gasteiger partial charge in [-0.2, -0.15) is 0 Å². The molecule has 0 heterocycles. The number of carbonyl (C=O) groups is 2. The Kier molecular flexibility index (Phi) is 8.76. The third-order valence-electron chi connectivity index (χ3n) is 4.87. The monoisotopic (exact) mass is 365 g/mol. The lowest BCUT2D eigenvalue weighted by molar-refractivity contribution is 0.0821. The molecule has 0 aliphatic carbocycles. The van der Waals surface area contributed by atoms with Crippen molar-refractivity contribution in [2.75, 3.05) is 11.9 Å². The van der Waals surface area contributed by atoms with Crippen LogP contribution in [0.15, 0.2) is 54.6 Å². The van der Waals surface area contributed by atoms with Crippen LogP contribution in [-0.2, 0) is 0 Å². The highest BCUT2D eigenvalue weighted by atomic mass is 16.1. The zero-order valence-electron chi connectivity index (χ0n) is 16.5. The molecule has 2 aromatic carbocycles. The van der Waals surface area contributed by atoms with Gasteiger partial charge in [-0.1, -0.05) is 69.4 Å². The second-order valence-electron chi connectivity index (χ2n) is 7.09. The van der Waals surface area contributed by atoms with E-state index in [0.29, 0.717) is 11.1 Å². The van der Waals surface area contributed by atoms with Crippen LogP contribution in [-0.4, -0.2) is 18.1 Å². The second kappa shape index (κ2) is 11.3. The van der Waals surface area contributed by atoms with Gasteiger partial charge in [0.05, 0.1) is 5.92 Å². The van der Waals surface area contributed by atoms with E-state index in [2.05, 4.69) is 12.2 Å². The Hall–Kier alpha value is -2.42. The molecule has 0 aliphatic heterocycles. The molecule has 2 aromatic rings. The lowest BCUT2D eigenvalue weighted by Crippen LogP contribution is -2.21. The molecule has 0 bridgehead atoms. The van der Waals surface area contributed by atoms with Crippen molar-refractivity contribution < 1.29 is 9.59 Å². The van der Waals surface area contributed by atoms with Gasteiger partial charge in [0.2, 0.25) is 0 Å². The third-order valence-corrected chi connectivity index (χ3v) is 4.87. The molecule has 0 saturated heterocycles. The molecule has 0 radical (unpaired) electrons. The predicted molar refractivity (Wildman–Crippen MR) is 113 cm³/mol. The van der Waals surface area contributed by atoms with Gasteiger partial charge in [0.1, 0.15) is 0 Å². The van der Waals surface area contributed by atoms with E-state index in [4.69, 9.17) is 0 Å². The SMILES string of the molecule is CCCCCCCCNc1ccc(C(=O)C(C)C(=O)c2ccccc2)cc1. The van der Waals surface area contributed by atoms with Crippen LogP contribution in [0, 0.1) is 5.92 Å². The quantitative estimate of drug-likeness (QED) is 0.278. The minimum atomic E-state index is -0.672. The van der Waals surface area contributed by atoms with E-state index in [1.807, 2.05) is 30.3 Å². The molecule has 3 nitrogen and oxygen atoms in total. The van der Waals surface area contributed by atoms with E-state index in [1.54, 1.807) is 31.2 Å². The molecular weight excluding hydrogens is 334 g/mol. The van der Waals surface area contributed by atoms with Gasteiger partial charge in [0.25, 0.3) is 0 Å². The van der Waals surface area contributed by atoms with Crippen LogP contribution >= 0.6 is 0 Å². The number of rotatable bonds is 12. The van der Waals surface area contributed by atoms with Crippen LogP contribution in [0.25, 0.3) is 0 Å². The van der Waals surface area contributed by atoms with Gasteiger partial charge in [0, 0.05) is 23.4 Å². The number of benzene rings is 2. The normalized spacial score (nSPS) is 11.8. The lowest BCUT2D eigenvalue weighted by atomic mass is 9.91. The highest BCUT2D eigenvalue weighted by Gasteiger charge is 2.23. The van der Waals surface area contributed by atoms with Crippen LogP contribution < -0.4 is 5.32 Å². The van der Waals surface area contributed by atoms with Gasteiger partial charge in [-0.25, -0.2) is 0 Å². The Morgan fingerprint density at radius 3 is 1.96 bits per heavy atom. The Morgan fingerprint density at radius 1 is 0.778 bits per heavy atom. The van der Waals surface area contributed by atoms with Gasteiger partial charge in [0.15, 0.2) is 11.6 Å². The maximum Gasteiger partial charge on any atom is 0.173 e. The summed E-state index contributed by atoms with van der Waals surface area (Å²) >= 11 is 0. The fraction of sp³-hybridized carbons (Fsp3) is 0.417. The molecular formula is C24H31NO2. The van der Waals surface area contributed by atoms with Crippen molar-refractivity contribution in [3.63, 3.8) is 0 Å². The van der Waals surface area contributed by atoms with Crippen LogP contribution in [0.1, 0.15) is 73.1 Å². The van der Waals surface area contributed by atoms with E-state index in [9.17, 15) is 9.59 Å². The first-order valence-electron chi connectivity index (χ1n) is 10.1. The Morgan fingerprint density at radius 2 is 1.33 bits per heavy atom. The number of ketones is 2. The van der Waals surface area contributed by atoms with Crippen molar-refractivity contribution in [3.05, 3.63) is 65.7 Å². The minimum Gasteiger partial charge on any atom is -0.385 e. The summed E-state index contributed by atoms with van der Waals surface area (Å²) in [4.78, 5) is 25.1. The topological polar surface area (TPSA) is 46.2 Å². The first-order chi connectivity index (χ1) is 13.1.